The number of fused-ring (bicyclic) bond motifs is 1. The third kappa shape index (κ3) is 1.39. The maximum Gasteiger partial charge on any atom is 0.355 e. The van der Waals surface area contributed by atoms with Crippen molar-refractivity contribution >= 4 is 39.5 Å². The van der Waals surface area contributed by atoms with Crippen LogP contribution in [0.15, 0.2) is 18.3 Å². The fraction of sp³-hybridized carbons (Fsp3) is 0. The number of nitrogens with zero attached hydrogens (tertiary/aromatic N) is 1. The summed E-state index contributed by atoms with van der Waals surface area (Å²) >= 11 is 2.10. The average molecular weight is 288 g/mol. The van der Waals surface area contributed by atoms with E-state index in [2.05, 4.69) is 32.6 Å². The second-order valence-corrected chi connectivity index (χ2v) is 3.71. The van der Waals surface area contributed by atoms with Gasteiger partial charge in [-0.25, -0.2) is 9.78 Å². The fourth-order valence-corrected chi connectivity index (χ4v) is 1.79. The summed E-state index contributed by atoms with van der Waals surface area (Å²) in [7, 11) is 0. The summed E-state index contributed by atoms with van der Waals surface area (Å²) in [6, 6.07) is 3.52. The maximum atomic E-state index is 10.7. The van der Waals surface area contributed by atoms with Gasteiger partial charge in [-0.1, -0.05) is 0 Å². The Morgan fingerprint density at radius 3 is 3.08 bits per heavy atom. The lowest BCUT2D eigenvalue weighted by Gasteiger charge is -1.93. The molecule has 13 heavy (non-hydrogen) atoms. The average Bonchev–Trinajstić information content (AvgIpc) is 2.43. The second-order valence-electron chi connectivity index (χ2n) is 2.54. The predicted molar refractivity (Wildman–Crippen MR) is 55.8 cm³/mol. The van der Waals surface area contributed by atoms with E-state index >= 15 is 0 Å². The summed E-state index contributed by atoms with van der Waals surface area (Å²) in [5.41, 5.74) is 0.897. The molecule has 0 amide bonds. The van der Waals surface area contributed by atoms with Gasteiger partial charge in [-0.2, -0.15) is 0 Å². The zero-order valence-corrected chi connectivity index (χ0v) is 8.57. The van der Waals surface area contributed by atoms with Crippen molar-refractivity contribution in [3.63, 3.8) is 0 Å². The summed E-state index contributed by atoms with van der Waals surface area (Å²) in [5, 5.41) is 9.47. The first kappa shape index (κ1) is 8.49. The van der Waals surface area contributed by atoms with Crippen LogP contribution >= 0.6 is 22.6 Å². The molecule has 0 saturated heterocycles. The van der Waals surface area contributed by atoms with Crippen LogP contribution in [-0.4, -0.2) is 21.0 Å². The van der Waals surface area contributed by atoms with Gasteiger partial charge in [-0.15, -0.1) is 0 Å². The van der Waals surface area contributed by atoms with Gasteiger partial charge in [0.25, 0.3) is 0 Å². The van der Waals surface area contributed by atoms with Crippen molar-refractivity contribution in [2.24, 2.45) is 0 Å². The monoisotopic (exact) mass is 288 g/mol. The number of pyridine rings is 1. The Labute approximate surface area is 87.1 Å². The zero-order chi connectivity index (χ0) is 9.42. The molecule has 0 saturated carbocycles. The number of carboxylic acids is 1. The van der Waals surface area contributed by atoms with Crippen LogP contribution in [0.25, 0.3) is 10.9 Å². The number of rotatable bonds is 1. The Morgan fingerprint density at radius 2 is 2.38 bits per heavy atom. The Bertz CT molecular complexity index is 478. The molecule has 0 aliphatic carbocycles. The van der Waals surface area contributed by atoms with Gasteiger partial charge >= 0.3 is 5.97 Å². The van der Waals surface area contributed by atoms with Crippen LogP contribution in [-0.2, 0) is 0 Å². The molecule has 0 radical (unpaired) electrons. The lowest BCUT2D eigenvalue weighted by Crippen LogP contribution is -1.99. The summed E-state index contributed by atoms with van der Waals surface area (Å²) in [5.74, 6) is -0.999. The van der Waals surface area contributed by atoms with Gasteiger partial charge in [0.15, 0.2) is 5.69 Å². The predicted octanol–water partition coefficient (Wildman–Crippen LogP) is 1.87. The largest absolute Gasteiger partial charge is 0.476 e. The Balaban J connectivity index is 2.82. The molecule has 0 aromatic carbocycles. The summed E-state index contributed by atoms with van der Waals surface area (Å²) in [6.07, 6.45) is 1.48. The molecule has 66 valence electrons. The minimum Gasteiger partial charge on any atom is -0.476 e. The van der Waals surface area contributed by atoms with Crippen LogP contribution in [0.2, 0.25) is 0 Å². The van der Waals surface area contributed by atoms with Crippen molar-refractivity contribution in [3.05, 3.63) is 27.7 Å². The van der Waals surface area contributed by atoms with E-state index in [1.54, 1.807) is 12.1 Å². The van der Waals surface area contributed by atoms with E-state index < -0.39 is 5.97 Å². The number of H-pyrrole nitrogens is 1. The Morgan fingerprint density at radius 1 is 1.62 bits per heavy atom. The molecule has 0 aliphatic rings. The van der Waals surface area contributed by atoms with Crippen LogP contribution in [0, 0.1) is 3.70 Å². The molecule has 2 heterocycles. The van der Waals surface area contributed by atoms with Crippen LogP contribution in [0.4, 0.5) is 0 Å². The van der Waals surface area contributed by atoms with E-state index in [-0.39, 0.29) is 5.69 Å². The number of carboxylic acid groups (broad SMARTS) is 1. The molecular formula is C8H5IN2O2. The smallest absolute Gasteiger partial charge is 0.355 e. The van der Waals surface area contributed by atoms with Crippen molar-refractivity contribution in [2.45, 2.75) is 0 Å². The van der Waals surface area contributed by atoms with E-state index in [4.69, 9.17) is 5.11 Å². The topological polar surface area (TPSA) is 66.0 Å². The Hall–Kier alpha value is -1.11. The first-order valence-electron chi connectivity index (χ1n) is 3.55. The lowest BCUT2D eigenvalue weighted by molar-refractivity contribution is 0.0693. The third-order valence-electron chi connectivity index (χ3n) is 1.72. The maximum absolute atomic E-state index is 10.7. The van der Waals surface area contributed by atoms with Gasteiger partial charge in [-0.3, -0.25) is 0 Å². The number of hydrogen-bond donors (Lipinski definition) is 2. The minimum absolute atomic E-state index is 0.0941. The molecule has 4 nitrogen and oxygen atoms in total. The van der Waals surface area contributed by atoms with Crippen LogP contribution in [0.3, 0.4) is 0 Å². The van der Waals surface area contributed by atoms with Gasteiger partial charge in [0.05, 0.1) is 9.22 Å². The van der Waals surface area contributed by atoms with Crippen LogP contribution in [0.5, 0.6) is 0 Å². The van der Waals surface area contributed by atoms with Gasteiger partial charge in [0.1, 0.15) is 0 Å². The van der Waals surface area contributed by atoms with Crippen molar-refractivity contribution < 1.29 is 9.90 Å². The number of halogens is 1. The highest BCUT2D eigenvalue weighted by Crippen LogP contribution is 2.18. The highest BCUT2D eigenvalue weighted by Gasteiger charge is 2.10. The van der Waals surface area contributed by atoms with Crippen LogP contribution < -0.4 is 0 Å². The lowest BCUT2D eigenvalue weighted by atomic mass is 10.2. The molecule has 2 rings (SSSR count). The summed E-state index contributed by atoms with van der Waals surface area (Å²) in [4.78, 5) is 17.6. The third-order valence-corrected chi connectivity index (χ3v) is 2.30. The van der Waals surface area contributed by atoms with Crippen LogP contribution in [0.1, 0.15) is 10.5 Å². The van der Waals surface area contributed by atoms with Crippen molar-refractivity contribution in [3.8, 4) is 0 Å². The normalized spacial score (nSPS) is 10.5. The SMILES string of the molecule is O=C(O)c1nccc2[nH]c(I)cc12. The molecule has 0 fully saturated rings. The molecule has 2 N–H and O–H groups in total. The summed E-state index contributed by atoms with van der Waals surface area (Å²) < 4.78 is 0.906. The number of carbonyl (C=O) groups is 1. The zero-order valence-electron chi connectivity index (χ0n) is 6.41. The van der Waals surface area contributed by atoms with Crippen molar-refractivity contribution in [2.75, 3.05) is 0 Å². The number of aromatic amines is 1. The van der Waals surface area contributed by atoms with Crippen molar-refractivity contribution in [1.29, 1.82) is 0 Å². The van der Waals surface area contributed by atoms with Gasteiger partial charge < -0.3 is 10.1 Å². The van der Waals surface area contributed by atoms with E-state index in [0.717, 1.165) is 9.22 Å². The molecule has 2 aromatic rings. The first-order valence-corrected chi connectivity index (χ1v) is 4.63. The quantitative estimate of drug-likeness (QED) is 0.787. The first-order chi connectivity index (χ1) is 6.18. The molecular weight excluding hydrogens is 283 g/mol. The molecule has 0 aliphatic heterocycles. The van der Waals surface area contributed by atoms with Gasteiger partial charge in [-0.05, 0) is 34.7 Å². The standard InChI is InChI=1S/C8H5IN2O2/c9-6-3-4-5(11-6)1-2-10-7(4)8(12)13/h1-3,11H,(H,12,13). The number of hydrogen-bond acceptors (Lipinski definition) is 2. The summed E-state index contributed by atoms with van der Waals surface area (Å²) in [6.45, 7) is 0. The van der Waals surface area contributed by atoms with Crippen molar-refractivity contribution in [1.82, 2.24) is 9.97 Å². The second kappa shape index (κ2) is 2.99. The molecule has 0 bridgehead atoms. The number of aromatic nitrogens is 2. The van der Waals surface area contributed by atoms with Gasteiger partial charge in [0.2, 0.25) is 0 Å². The van der Waals surface area contributed by atoms with E-state index in [1.165, 1.54) is 6.20 Å². The Kier molecular flexibility index (Phi) is 1.95. The molecule has 2 aromatic heterocycles. The number of nitrogens with one attached hydrogen (secondary N) is 1. The highest BCUT2D eigenvalue weighted by atomic mass is 127. The minimum atomic E-state index is -0.999. The highest BCUT2D eigenvalue weighted by molar-refractivity contribution is 14.1. The molecule has 0 atom stereocenters. The number of aromatic carboxylic acids is 1. The molecule has 0 unspecified atom stereocenters. The van der Waals surface area contributed by atoms with E-state index in [0.29, 0.717) is 5.39 Å². The van der Waals surface area contributed by atoms with E-state index in [1.807, 2.05) is 0 Å². The molecule has 5 heteroatoms. The fourth-order valence-electron chi connectivity index (χ4n) is 1.19. The molecule has 0 spiro atoms. The van der Waals surface area contributed by atoms with E-state index in [9.17, 15) is 4.79 Å². The van der Waals surface area contributed by atoms with Gasteiger partial charge in [0, 0.05) is 11.6 Å².